The van der Waals surface area contributed by atoms with Gasteiger partial charge < -0.3 is 10.2 Å². The number of amides is 2. The van der Waals surface area contributed by atoms with Gasteiger partial charge in [0.05, 0.1) is 9.85 Å². The highest BCUT2D eigenvalue weighted by Gasteiger charge is 2.55. The highest BCUT2D eigenvalue weighted by molar-refractivity contribution is 6.23. The Labute approximate surface area is 258 Å². The summed E-state index contributed by atoms with van der Waals surface area (Å²) in [5.41, 5.74) is 2.40. The van der Waals surface area contributed by atoms with Crippen LogP contribution in [0.2, 0.25) is 0 Å². The molecule has 3 aromatic carbocycles. The average Bonchev–Trinajstić information content (AvgIpc) is 3.06. The summed E-state index contributed by atoms with van der Waals surface area (Å²) in [6.45, 7) is 4.13. The van der Waals surface area contributed by atoms with Gasteiger partial charge in [0.2, 0.25) is 11.8 Å². The van der Waals surface area contributed by atoms with Crippen molar-refractivity contribution in [1.29, 1.82) is 0 Å². The molecule has 1 aliphatic heterocycles. The van der Waals surface area contributed by atoms with Crippen LogP contribution < -0.4 is 5.32 Å². The number of nitro groups is 2. The first kappa shape index (κ1) is 30.7. The monoisotopic (exact) mass is 606 g/mol. The van der Waals surface area contributed by atoms with Crippen molar-refractivity contribution in [3.05, 3.63) is 140 Å². The molecule has 228 valence electrons. The number of carbonyl (C=O) groups excluding carboxylic acids is 3. The van der Waals surface area contributed by atoms with Crippen LogP contribution in [0, 0.1) is 25.6 Å². The number of nitro benzene ring substituents is 2. The summed E-state index contributed by atoms with van der Waals surface area (Å²) >= 11 is 0. The van der Waals surface area contributed by atoms with Crippen molar-refractivity contribution in [2.45, 2.75) is 25.3 Å². The molecule has 11 heteroatoms. The number of nitrogens with zero attached hydrogens (tertiary/aromatic N) is 3. The number of Topliss-reactive ketones (excluding diaryl/α,β-unsaturated/α-hetero) is 1. The Kier molecular flexibility index (Phi) is 8.80. The van der Waals surface area contributed by atoms with Crippen LogP contribution in [0.4, 0.5) is 11.4 Å². The van der Waals surface area contributed by atoms with Crippen LogP contribution in [-0.2, 0) is 20.8 Å². The van der Waals surface area contributed by atoms with Gasteiger partial charge in [-0.2, -0.15) is 0 Å². The highest BCUT2D eigenvalue weighted by atomic mass is 16.6. The maximum absolute atomic E-state index is 13.7. The van der Waals surface area contributed by atoms with E-state index in [1.54, 1.807) is 41.3 Å². The second kappa shape index (κ2) is 12.9. The number of rotatable bonds is 9. The third-order valence-corrected chi connectivity index (χ3v) is 8.36. The van der Waals surface area contributed by atoms with Crippen LogP contribution in [0.1, 0.15) is 29.5 Å². The summed E-state index contributed by atoms with van der Waals surface area (Å²) in [6, 6.07) is 20.4. The minimum atomic E-state index is -0.805. The molecule has 1 saturated carbocycles. The second-order valence-electron chi connectivity index (χ2n) is 11.0. The molecule has 0 aromatic heterocycles. The first-order valence-electron chi connectivity index (χ1n) is 14.3. The van der Waals surface area contributed by atoms with Gasteiger partial charge in [-0.25, -0.2) is 0 Å². The average molecular weight is 607 g/mol. The Balaban J connectivity index is 1.43. The summed E-state index contributed by atoms with van der Waals surface area (Å²) in [6.07, 6.45) is 5.75. The lowest BCUT2D eigenvalue weighted by Crippen LogP contribution is -2.56. The van der Waals surface area contributed by atoms with E-state index in [2.05, 4.69) is 11.9 Å². The van der Waals surface area contributed by atoms with Crippen molar-refractivity contribution in [3.8, 4) is 0 Å². The topological polar surface area (TPSA) is 153 Å². The fourth-order valence-corrected chi connectivity index (χ4v) is 5.94. The van der Waals surface area contributed by atoms with Crippen LogP contribution >= 0.6 is 0 Å². The highest BCUT2D eigenvalue weighted by Crippen LogP contribution is 2.56. The van der Waals surface area contributed by atoms with Gasteiger partial charge in [0.15, 0.2) is 5.78 Å². The van der Waals surface area contributed by atoms with Crippen LogP contribution in [-0.4, -0.2) is 51.5 Å². The van der Waals surface area contributed by atoms with Crippen molar-refractivity contribution in [3.63, 3.8) is 0 Å². The number of carbonyl (C=O) groups is 3. The van der Waals surface area contributed by atoms with E-state index in [-0.39, 0.29) is 23.1 Å². The van der Waals surface area contributed by atoms with E-state index in [9.17, 15) is 34.6 Å². The van der Waals surface area contributed by atoms with E-state index in [1.165, 1.54) is 24.3 Å². The predicted molar refractivity (Wildman–Crippen MR) is 168 cm³/mol. The number of hydrogen-bond donors (Lipinski definition) is 1. The molecule has 1 N–H and O–H groups in total. The Morgan fingerprint density at radius 3 is 1.78 bits per heavy atom. The van der Waals surface area contributed by atoms with E-state index in [0.29, 0.717) is 54.6 Å². The Hall–Kier alpha value is -5.71. The first-order chi connectivity index (χ1) is 21.6. The van der Waals surface area contributed by atoms with Crippen LogP contribution in [0.25, 0.3) is 12.2 Å². The molecule has 2 amide bonds. The van der Waals surface area contributed by atoms with Crippen molar-refractivity contribution in [1.82, 2.24) is 10.2 Å². The van der Waals surface area contributed by atoms with Gasteiger partial charge in [0.25, 0.3) is 11.4 Å². The molecule has 1 aliphatic carbocycles. The van der Waals surface area contributed by atoms with Crippen LogP contribution in [0.15, 0.2) is 103 Å². The Bertz CT molecular complexity index is 1640. The number of non-ortho nitro benzene ring substituents is 2. The van der Waals surface area contributed by atoms with E-state index >= 15 is 0 Å². The van der Waals surface area contributed by atoms with Gasteiger partial charge in [0.1, 0.15) is 6.04 Å². The minimum absolute atomic E-state index is 0.0639. The molecule has 1 spiro atoms. The zero-order valence-electron chi connectivity index (χ0n) is 24.3. The third kappa shape index (κ3) is 6.47. The lowest BCUT2D eigenvalue weighted by molar-refractivity contribution is -0.385. The van der Waals surface area contributed by atoms with Crippen molar-refractivity contribution < 1.29 is 24.2 Å². The smallest absolute Gasteiger partial charge is 0.269 e. The SMILES string of the molecule is C=CC(=O)N[C@@H](Cc1ccccc1)C(=O)N1CCC2(CC1)/C(=C\c1ccc([N+](=O)[O-])cc1)C(=O)/C2=C/c1ccc([N+](=O)[O-])cc1. The largest absolute Gasteiger partial charge is 0.341 e. The number of benzene rings is 3. The molecule has 3 aromatic rings. The Morgan fingerprint density at radius 1 is 0.844 bits per heavy atom. The molecule has 1 atom stereocenters. The maximum Gasteiger partial charge on any atom is 0.269 e. The summed E-state index contributed by atoms with van der Waals surface area (Å²) in [7, 11) is 0. The standard InChI is InChI=1S/C34H30N4O7/c1-2-31(39)35-30(22-23-6-4-3-5-7-23)33(41)36-18-16-34(17-19-36)28(20-24-8-12-26(13-9-24)37(42)43)32(40)29(34)21-25-10-14-27(15-11-25)38(44)45/h2-15,20-21,30H,1,16-19,22H2,(H,35,39)/b28-20-,29-21-/t30-/m0/s1. The van der Waals surface area contributed by atoms with E-state index < -0.39 is 27.2 Å². The molecule has 45 heavy (non-hydrogen) atoms. The number of piperidine rings is 1. The molecule has 1 saturated heterocycles. The molecule has 2 fully saturated rings. The molecule has 0 unspecified atom stereocenters. The number of ketones is 1. The lowest BCUT2D eigenvalue weighted by atomic mass is 9.54. The molecule has 0 bridgehead atoms. The fourth-order valence-electron chi connectivity index (χ4n) is 5.94. The molecule has 0 radical (unpaired) electrons. The predicted octanol–water partition coefficient (Wildman–Crippen LogP) is 5.08. The van der Waals surface area contributed by atoms with Gasteiger partial charge in [-0.15, -0.1) is 0 Å². The zero-order chi connectivity index (χ0) is 32.1. The molecule has 5 rings (SSSR count). The van der Waals surface area contributed by atoms with Crippen LogP contribution in [0.5, 0.6) is 0 Å². The van der Waals surface area contributed by atoms with E-state index in [4.69, 9.17) is 0 Å². The van der Waals surface area contributed by atoms with E-state index in [1.807, 2.05) is 30.3 Å². The summed E-state index contributed by atoms with van der Waals surface area (Å²) < 4.78 is 0. The molecule has 11 nitrogen and oxygen atoms in total. The summed E-state index contributed by atoms with van der Waals surface area (Å²) in [5, 5.41) is 25.0. The number of likely N-dealkylation sites (tertiary alicyclic amines) is 1. The third-order valence-electron chi connectivity index (χ3n) is 8.36. The summed E-state index contributed by atoms with van der Waals surface area (Å²) in [5.74, 6) is -0.882. The molecule has 1 heterocycles. The number of hydrogen-bond acceptors (Lipinski definition) is 7. The number of nitrogens with one attached hydrogen (secondary N) is 1. The van der Waals surface area contributed by atoms with Gasteiger partial charge in [-0.05, 0) is 72.0 Å². The van der Waals surface area contributed by atoms with Gasteiger partial charge in [0, 0.05) is 60.3 Å². The Morgan fingerprint density at radius 2 is 1.33 bits per heavy atom. The van der Waals surface area contributed by atoms with Crippen molar-refractivity contribution >= 4 is 41.1 Å². The lowest BCUT2D eigenvalue weighted by Gasteiger charge is -2.51. The molecular formula is C34H30N4O7. The zero-order valence-corrected chi connectivity index (χ0v) is 24.3. The first-order valence-corrected chi connectivity index (χ1v) is 14.3. The quantitative estimate of drug-likeness (QED) is 0.203. The molecular weight excluding hydrogens is 576 g/mol. The number of allylic oxidation sites excluding steroid dienone is 2. The summed E-state index contributed by atoms with van der Waals surface area (Å²) in [4.78, 5) is 62.5. The van der Waals surface area contributed by atoms with Gasteiger partial charge in [-0.3, -0.25) is 34.6 Å². The minimum Gasteiger partial charge on any atom is -0.341 e. The maximum atomic E-state index is 13.7. The fraction of sp³-hybridized carbons (Fsp3) is 0.206. The second-order valence-corrected chi connectivity index (χ2v) is 11.0. The van der Waals surface area contributed by atoms with Crippen LogP contribution in [0.3, 0.4) is 0 Å². The van der Waals surface area contributed by atoms with Crippen molar-refractivity contribution in [2.24, 2.45) is 5.41 Å². The van der Waals surface area contributed by atoms with Gasteiger partial charge >= 0.3 is 0 Å². The van der Waals surface area contributed by atoms with Crippen molar-refractivity contribution in [2.75, 3.05) is 13.1 Å². The van der Waals surface area contributed by atoms with E-state index in [0.717, 1.165) is 11.6 Å². The normalized spacial score (nSPS) is 17.9. The van der Waals surface area contributed by atoms with Gasteiger partial charge in [-0.1, -0.05) is 36.9 Å². The molecule has 2 aliphatic rings.